The summed E-state index contributed by atoms with van der Waals surface area (Å²) in [7, 11) is 0. The zero-order chi connectivity index (χ0) is 12.0. The quantitative estimate of drug-likeness (QED) is 0.603. The third-order valence-corrected chi connectivity index (χ3v) is 4.23. The highest BCUT2D eigenvalue weighted by molar-refractivity contribution is 8.00. The minimum atomic E-state index is -0.718. The van der Waals surface area contributed by atoms with Gasteiger partial charge in [0.1, 0.15) is 6.33 Å². The molecular weight excluding hydrogens is 244 g/mol. The van der Waals surface area contributed by atoms with Crippen LogP contribution in [0.4, 0.5) is 0 Å². The van der Waals surface area contributed by atoms with Crippen molar-refractivity contribution in [2.45, 2.75) is 37.4 Å². The standard InChI is InChI=1S/C10H16N2O2S2/c1-10(2,8(13)14)5-3-4-6-15-9-11-7-12-16-9/h7H,3-6H2,1-2H3,(H,13,14). The molecule has 1 rings (SSSR count). The second-order valence-electron chi connectivity index (χ2n) is 4.20. The van der Waals surface area contributed by atoms with Gasteiger partial charge >= 0.3 is 5.97 Å². The molecule has 1 N–H and O–H groups in total. The second kappa shape index (κ2) is 6.20. The molecule has 0 saturated carbocycles. The van der Waals surface area contributed by atoms with Crippen molar-refractivity contribution in [3.8, 4) is 0 Å². The number of aliphatic carboxylic acids is 1. The zero-order valence-electron chi connectivity index (χ0n) is 9.47. The minimum absolute atomic E-state index is 0.604. The topological polar surface area (TPSA) is 63.1 Å². The summed E-state index contributed by atoms with van der Waals surface area (Å²) in [6.45, 7) is 3.54. The van der Waals surface area contributed by atoms with Crippen molar-refractivity contribution in [3.05, 3.63) is 6.33 Å². The summed E-state index contributed by atoms with van der Waals surface area (Å²) in [5.41, 5.74) is -0.604. The fourth-order valence-electron chi connectivity index (χ4n) is 1.16. The van der Waals surface area contributed by atoms with Crippen LogP contribution in [0.25, 0.3) is 0 Å². The van der Waals surface area contributed by atoms with E-state index in [9.17, 15) is 4.79 Å². The third-order valence-electron chi connectivity index (χ3n) is 2.34. The summed E-state index contributed by atoms with van der Waals surface area (Å²) >= 11 is 3.08. The molecule has 1 aromatic heterocycles. The van der Waals surface area contributed by atoms with Crippen molar-refractivity contribution in [1.29, 1.82) is 0 Å². The first-order chi connectivity index (χ1) is 7.52. The van der Waals surface area contributed by atoms with Crippen LogP contribution in [0.1, 0.15) is 33.1 Å². The maximum Gasteiger partial charge on any atom is 0.309 e. The van der Waals surface area contributed by atoms with E-state index < -0.39 is 11.4 Å². The average Bonchev–Trinajstić information content (AvgIpc) is 2.69. The largest absolute Gasteiger partial charge is 0.481 e. The lowest BCUT2D eigenvalue weighted by Gasteiger charge is -2.18. The van der Waals surface area contributed by atoms with E-state index in [0.717, 1.165) is 29.4 Å². The Kier molecular flexibility index (Phi) is 5.21. The van der Waals surface area contributed by atoms with Crippen molar-refractivity contribution in [2.24, 2.45) is 5.41 Å². The molecule has 90 valence electrons. The second-order valence-corrected chi connectivity index (χ2v) is 6.32. The monoisotopic (exact) mass is 260 g/mol. The summed E-state index contributed by atoms with van der Waals surface area (Å²) < 4.78 is 4.90. The highest BCUT2D eigenvalue weighted by Gasteiger charge is 2.25. The van der Waals surface area contributed by atoms with Crippen molar-refractivity contribution >= 4 is 29.3 Å². The number of hydrogen-bond donors (Lipinski definition) is 1. The number of hydrogen-bond acceptors (Lipinski definition) is 5. The molecule has 0 radical (unpaired) electrons. The molecule has 4 nitrogen and oxygen atoms in total. The van der Waals surface area contributed by atoms with Crippen LogP contribution in [-0.4, -0.2) is 26.2 Å². The first-order valence-corrected chi connectivity index (χ1v) is 6.91. The summed E-state index contributed by atoms with van der Waals surface area (Å²) in [5, 5.41) is 8.93. The van der Waals surface area contributed by atoms with Crippen LogP contribution < -0.4 is 0 Å². The highest BCUT2D eigenvalue weighted by Crippen LogP contribution is 2.25. The molecular formula is C10H16N2O2S2. The van der Waals surface area contributed by atoms with E-state index in [1.54, 1.807) is 31.9 Å². The van der Waals surface area contributed by atoms with Crippen molar-refractivity contribution in [3.63, 3.8) is 0 Å². The fraction of sp³-hybridized carbons (Fsp3) is 0.700. The number of carbonyl (C=O) groups is 1. The first-order valence-electron chi connectivity index (χ1n) is 5.15. The number of thioether (sulfide) groups is 1. The molecule has 0 aliphatic rings. The molecule has 0 unspecified atom stereocenters. The molecule has 1 aromatic rings. The van der Waals surface area contributed by atoms with Gasteiger partial charge in [-0.1, -0.05) is 18.2 Å². The van der Waals surface area contributed by atoms with E-state index in [1.165, 1.54) is 11.5 Å². The van der Waals surface area contributed by atoms with Gasteiger partial charge in [-0.15, -0.1) is 0 Å². The van der Waals surface area contributed by atoms with E-state index in [2.05, 4.69) is 9.36 Å². The normalized spacial score (nSPS) is 11.6. The van der Waals surface area contributed by atoms with Crippen LogP contribution in [0, 0.1) is 5.41 Å². The molecule has 0 atom stereocenters. The molecule has 6 heteroatoms. The predicted octanol–water partition coefficient (Wildman–Crippen LogP) is 2.91. The van der Waals surface area contributed by atoms with Crippen molar-refractivity contribution < 1.29 is 9.90 Å². The highest BCUT2D eigenvalue weighted by atomic mass is 32.2. The third kappa shape index (κ3) is 4.49. The van der Waals surface area contributed by atoms with Gasteiger partial charge in [0.15, 0.2) is 4.34 Å². The maximum atomic E-state index is 10.8. The molecule has 0 aliphatic heterocycles. The van der Waals surface area contributed by atoms with Crippen LogP contribution in [-0.2, 0) is 4.79 Å². The number of rotatable bonds is 7. The molecule has 0 bridgehead atoms. The maximum absolute atomic E-state index is 10.8. The lowest BCUT2D eigenvalue weighted by molar-refractivity contribution is -0.147. The number of carboxylic acids is 1. The summed E-state index contributed by atoms with van der Waals surface area (Å²) in [5.74, 6) is 0.259. The van der Waals surface area contributed by atoms with Crippen LogP contribution in [0.3, 0.4) is 0 Å². The minimum Gasteiger partial charge on any atom is -0.481 e. The Morgan fingerprint density at radius 1 is 1.56 bits per heavy atom. The van der Waals surface area contributed by atoms with Gasteiger partial charge in [0, 0.05) is 5.75 Å². The molecule has 1 heterocycles. The first kappa shape index (κ1) is 13.4. The Labute approximate surface area is 104 Å². The Morgan fingerprint density at radius 3 is 2.88 bits per heavy atom. The van der Waals surface area contributed by atoms with Crippen molar-refractivity contribution in [2.75, 3.05) is 5.75 Å². The van der Waals surface area contributed by atoms with Gasteiger partial charge in [-0.3, -0.25) is 4.79 Å². The van der Waals surface area contributed by atoms with Crippen LogP contribution in [0.15, 0.2) is 10.7 Å². The lowest BCUT2D eigenvalue weighted by Crippen LogP contribution is -2.23. The van der Waals surface area contributed by atoms with Crippen LogP contribution in [0.5, 0.6) is 0 Å². The number of carboxylic acid groups (broad SMARTS) is 1. The van der Waals surface area contributed by atoms with Gasteiger partial charge in [-0.05, 0) is 38.2 Å². The number of unbranched alkanes of at least 4 members (excludes halogenated alkanes) is 1. The predicted molar refractivity (Wildman–Crippen MR) is 65.9 cm³/mol. The van der Waals surface area contributed by atoms with E-state index >= 15 is 0 Å². The van der Waals surface area contributed by atoms with Gasteiger partial charge in [0.25, 0.3) is 0 Å². The van der Waals surface area contributed by atoms with E-state index in [-0.39, 0.29) is 0 Å². The fourth-order valence-corrected chi connectivity index (χ4v) is 2.68. The SMILES string of the molecule is CC(C)(CCCCSc1ncns1)C(=O)O. The molecule has 0 aromatic carbocycles. The molecule has 0 saturated heterocycles. The van der Waals surface area contributed by atoms with Gasteiger partial charge < -0.3 is 5.11 Å². The van der Waals surface area contributed by atoms with Gasteiger partial charge in [0.05, 0.1) is 5.41 Å². The van der Waals surface area contributed by atoms with E-state index in [0.29, 0.717) is 0 Å². The molecule has 0 amide bonds. The van der Waals surface area contributed by atoms with Crippen LogP contribution in [0.2, 0.25) is 0 Å². The van der Waals surface area contributed by atoms with E-state index in [1.807, 2.05) is 0 Å². The molecule has 0 aliphatic carbocycles. The molecule has 0 spiro atoms. The Balaban J connectivity index is 2.10. The lowest BCUT2D eigenvalue weighted by atomic mass is 9.88. The van der Waals surface area contributed by atoms with Gasteiger partial charge in [0.2, 0.25) is 0 Å². The van der Waals surface area contributed by atoms with Gasteiger partial charge in [-0.2, -0.15) is 4.37 Å². The zero-order valence-corrected chi connectivity index (χ0v) is 11.1. The average molecular weight is 260 g/mol. The Hall–Kier alpha value is -0.620. The number of nitrogens with zero attached hydrogens (tertiary/aromatic N) is 2. The van der Waals surface area contributed by atoms with Gasteiger partial charge in [-0.25, -0.2) is 4.98 Å². The van der Waals surface area contributed by atoms with Crippen molar-refractivity contribution in [1.82, 2.24) is 9.36 Å². The smallest absolute Gasteiger partial charge is 0.309 e. The number of aromatic nitrogens is 2. The molecule has 16 heavy (non-hydrogen) atoms. The summed E-state index contributed by atoms with van der Waals surface area (Å²) in [4.78, 5) is 14.9. The summed E-state index contributed by atoms with van der Waals surface area (Å²) in [6, 6.07) is 0. The summed E-state index contributed by atoms with van der Waals surface area (Å²) in [6.07, 6.45) is 4.23. The molecule has 0 fully saturated rings. The Morgan fingerprint density at radius 2 is 2.31 bits per heavy atom. The van der Waals surface area contributed by atoms with E-state index in [4.69, 9.17) is 5.11 Å². The Bertz CT molecular complexity index is 326. The van der Waals surface area contributed by atoms with Crippen LogP contribution >= 0.6 is 23.3 Å².